The Morgan fingerprint density at radius 2 is 1.73 bits per heavy atom. The van der Waals surface area contributed by atoms with Crippen molar-refractivity contribution in [2.75, 3.05) is 0 Å². The largest absolute Gasteiger partial charge is 1.00 e. The number of aromatic nitrogens is 2. The molecule has 26 heavy (non-hydrogen) atoms. The smallest absolute Gasteiger partial charge is 0.269 e. The lowest BCUT2D eigenvalue weighted by Crippen LogP contribution is -3.00. The summed E-state index contributed by atoms with van der Waals surface area (Å²) in [5, 5.41) is 15.7. The summed E-state index contributed by atoms with van der Waals surface area (Å²) >= 11 is 5.89. The first-order valence-corrected chi connectivity index (χ1v) is 7.81. The molecule has 0 aliphatic heterocycles. The van der Waals surface area contributed by atoms with E-state index in [0.717, 1.165) is 11.3 Å². The summed E-state index contributed by atoms with van der Waals surface area (Å²) in [5.41, 5.74) is 1.96. The SMILES string of the molecule is O=C(C[n+]1cccc(-c2ccc(Cl)cc2)n1)c1ccc([N+](=O)[O-])cc1.[Br-]. The molecule has 0 amide bonds. The molecule has 0 N–H and O–H groups in total. The maximum atomic E-state index is 12.3. The molecule has 0 spiro atoms. The second-order valence-electron chi connectivity index (χ2n) is 5.33. The van der Waals surface area contributed by atoms with Crippen LogP contribution in [0.1, 0.15) is 10.4 Å². The molecule has 6 nitrogen and oxygen atoms in total. The third-order valence-corrected chi connectivity index (χ3v) is 3.85. The van der Waals surface area contributed by atoms with Crippen molar-refractivity contribution in [2.45, 2.75) is 6.54 Å². The first-order valence-electron chi connectivity index (χ1n) is 7.43. The molecule has 0 radical (unpaired) electrons. The van der Waals surface area contributed by atoms with Gasteiger partial charge in [0.2, 0.25) is 12.3 Å². The number of nitro groups is 1. The summed E-state index contributed by atoms with van der Waals surface area (Å²) in [6.07, 6.45) is 1.70. The maximum Gasteiger partial charge on any atom is 0.269 e. The molecule has 0 aliphatic carbocycles. The van der Waals surface area contributed by atoms with Crippen molar-refractivity contribution in [2.24, 2.45) is 0 Å². The lowest BCUT2D eigenvalue weighted by molar-refractivity contribution is -0.740. The minimum absolute atomic E-state index is 0. The number of carbonyl (C=O) groups excluding carboxylic acids is 1. The van der Waals surface area contributed by atoms with Gasteiger partial charge >= 0.3 is 0 Å². The minimum atomic E-state index is -0.500. The third-order valence-electron chi connectivity index (χ3n) is 3.59. The Morgan fingerprint density at radius 3 is 2.35 bits per heavy atom. The van der Waals surface area contributed by atoms with Gasteiger partial charge in [0.25, 0.3) is 5.69 Å². The summed E-state index contributed by atoms with van der Waals surface area (Å²) in [5.74, 6) is -0.180. The van der Waals surface area contributed by atoms with Gasteiger partial charge in [0.15, 0.2) is 6.20 Å². The number of halogens is 2. The highest BCUT2D eigenvalue weighted by molar-refractivity contribution is 6.30. The van der Waals surface area contributed by atoms with Gasteiger partial charge in [-0.2, -0.15) is 0 Å². The highest BCUT2D eigenvalue weighted by Crippen LogP contribution is 2.18. The van der Waals surface area contributed by atoms with Gasteiger partial charge in [0.1, 0.15) is 5.69 Å². The Hall–Kier alpha value is -2.64. The third kappa shape index (κ3) is 4.71. The van der Waals surface area contributed by atoms with E-state index in [4.69, 9.17) is 11.6 Å². The first kappa shape index (κ1) is 19.7. The first-order chi connectivity index (χ1) is 12.0. The molecule has 1 heterocycles. The number of hydrogen-bond donors (Lipinski definition) is 0. The molecular formula is C18H13BrClN3O3. The number of ketones is 1. The summed E-state index contributed by atoms with van der Waals surface area (Å²) in [6.45, 7) is 0.0409. The number of rotatable bonds is 5. The van der Waals surface area contributed by atoms with E-state index >= 15 is 0 Å². The van der Waals surface area contributed by atoms with Gasteiger partial charge in [-0.25, -0.2) is 0 Å². The van der Waals surface area contributed by atoms with Gasteiger partial charge in [-0.1, -0.05) is 28.4 Å². The van der Waals surface area contributed by atoms with E-state index in [1.165, 1.54) is 28.9 Å². The molecule has 1 aromatic heterocycles. The van der Waals surface area contributed by atoms with Crippen LogP contribution in [0.3, 0.4) is 0 Å². The topological polar surface area (TPSA) is 77.0 Å². The van der Waals surface area contributed by atoms with Gasteiger partial charge in [0, 0.05) is 39.4 Å². The molecule has 0 aliphatic rings. The van der Waals surface area contributed by atoms with Gasteiger partial charge < -0.3 is 17.0 Å². The molecule has 0 saturated carbocycles. The zero-order chi connectivity index (χ0) is 17.8. The van der Waals surface area contributed by atoms with Gasteiger partial charge in [-0.3, -0.25) is 14.9 Å². The summed E-state index contributed by atoms with van der Waals surface area (Å²) in [7, 11) is 0. The van der Waals surface area contributed by atoms with Crippen LogP contribution >= 0.6 is 11.6 Å². The van der Waals surface area contributed by atoms with Crippen LogP contribution in [0.25, 0.3) is 11.3 Å². The average molecular weight is 435 g/mol. The van der Waals surface area contributed by atoms with Gasteiger partial charge in [-0.05, 0) is 30.3 Å². The fourth-order valence-corrected chi connectivity index (χ4v) is 2.43. The number of nitrogens with zero attached hydrogens (tertiary/aromatic N) is 3. The minimum Gasteiger partial charge on any atom is -1.00 e. The monoisotopic (exact) mass is 433 g/mol. The molecule has 8 heteroatoms. The Labute approximate surface area is 165 Å². The highest BCUT2D eigenvalue weighted by atomic mass is 79.9. The number of carbonyl (C=O) groups is 1. The normalized spacial score (nSPS) is 10.0. The molecule has 0 atom stereocenters. The van der Waals surface area contributed by atoms with Crippen LogP contribution in [0.5, 0.6) is 0 Å². The van der Waals surface area contributed by atoms with Crippen molar-refractivity contribution in [3.8, 4) is 11.3 Å². The van der Waals surface area contributed by atoms with Crippen LogP contribution in [-0.4, -0.2) is 15.8 Å². The predicted molar refractivity (Wildman–Crippen MR) is 92.3 cm³/mol. The van der Waals surface area contributed by atoms with Crippen molar-refractivity contribution >= 4 is 23.1 Å². The van der Waals surface area contributed by atoms with Crippen LogP contribution < -0.4 is 21.7 Å². The number of benzene rings is 2. The van der Waals surface area contributed by atoms with Gasteiger partial charge in [-0.15, -0.1) is 0 Å². The molecule has 0 bridgehead atoms. The standard InChI is InChI=1S/C18H13ClN3O3.BrH/c19-15-7-3-13(4-8-15)17-2-1-11-21(20-17)12-18(23)14-5-9-16(10-6-14)22(24)25;/h1-11H,12H2;1H/q+1;/p-1. The number of hydrogen-bond acceptors (Lipinski definition) is 4. The number of Topliss-reactive ketones (excluding diaryl/α,β-unsaturated/α-hetero) is 1. The zero-order valence-corrected chi connectivity index (χ0v) is 15.7. The fraction of sp³-hybridized carbons (Fsp3) is 0.0556. The molecular weight excluding hydrogens is 422 g/mol. The van der Waals surface area contributed by atoms with Crippen LogP contribution in [-0.2, 0) is 6.54 Å². The van der Waals surface area contributed by atoms with E-state index in [0.29, 0.717) is 10.6 Å². The van der Waals surface area contributed by atoms with Crippen molar-refractivity contribution < 1.29 is 31.4 Å². The quantitative estimate of drug-likeness (QED) is 0.253. The predicted octanol–water partition coefficient (Wildman–Crippen LogP) is 0.485. The van der Waals surface area contributed by atoms with E-state index in [9.17, 15) is 14.9 Å². The number of nitro benzene ring substituents is 1. The molecule has 0 fully saturated rings. The van der Waals surface area contributed by atoms with Gasteiger partial charge in [0.05, 0.1) is 4.92 Å². The Balaban J connectivity index is 0.00000243. The van der Waals surface area contributed by atoms with Crippen molar-refractivity contribution in [3.05, 3.63) is 87.6 Å². The van der Waals surface area contributed by atoms with Crippen molar-refractivity contribution in [3.63, 3.8) is 0 Å². The van der Waals surface area contributed by atoms with E-state index in [1.807, 2.05) is 18.2 Å². The maximum absolute atomic E-state index is 12.3. The Kier molecular flexibility index (Phi) is 6.54. The molecule has 0 saturated heterocycles. The molecule has 0 unspecified atom stereocenters. The molecule has 3 aromatic rings. The Bertz CT molecular complexity index is 931. The van der Waals surface area contributed by atoms with Crippen LogP contribution in [0.4, 0.5) is 5.69 Å². The summed E-state index contributed by atoms with van der Waals surface area (Å²) in [6, 6.07) is 16.4. The fourth-order valence-electron chi connectivity index (χ4n) is 2.31. The molecule has 132 valence electrons. The van der Waals surface area contributed by atoms with Crippen molar-refractivity contribution in [1.29, 1.82) is 0 Å². The van der Waals surface area contributed by atoms with Crippen LogP contribution in [0.2, 0.25) is 5.02 Å². The summed E-state index contributed by atoms with van der Waals surface area (Å²) < 4.78 is 1.54. The second-order valence-corrected chi connectivity index (χ2v) is 5.76. The zero-order valence-electron chi connectivity index (χ0n) is 13.4. The molecule has 3 rings (SSSR count). The molecule has 2 aromatic carbocycles. The average Bonchev–Trinajstić information content (AvgIpc) is 2.62. The van der Waals surface area contributed by atoms with E-state index in [1.54, 1.807) is 24.4 Å². The lowest BCUT2D eigenvalue weighted by atomic mass is 10.1. The second kappa shape index (κ2) is 8.64. The van der Waals surface area contributed by atoms with E-state index in [-0.39, 0.29) is 35.0 Å². The van der Waals surface area contributed by atoms with E-state index < -0.39 is 4.92 Å². The van der Waals surface area contributed by atoms with Crippen LogP contribution in [0, 0.1) is 10.1 Å². The van der Waals surface area contributed by atoms with Crippen molar-refractivity contribution in [1.82, 2.24) is 5.10 Å². The van der Waals surface area contributed by atoms with Crippen LogP contribution in [0.15, 0.2) is 66.9 Å². The van der Waals surface area contributed by atoms with E-state index in [2.05, 4.69) is 5.10 Å². The lowest BCUT2D eigenvalue weighted by Gasteiger charge is -2.00. The Morgan fingerprint density at radius 1 is 1.08 bits per heavy atom. The number of non-ortho nitro benzene ring substituents is 1. The summed E-state index contributed by atoms with van der Waals surface area (Å²) in [4.78, 5) is 22.5. The highest BCUT2D eigenvalue weighted by Gasteiger charge is 2.16.